The Morgan fingerprint density at radius 3 is 2.74 bits per heavy atom. The smallest absolute Gasteiger partial charge is 0.159 e. The van der Waals surface area contributed by atoms with Crippen LogP contribution >= 0.6 is 22.6 Å². The van der Waals surface area contributed by atoms with Crippen LogP contribution in [0.25, 0.3) is 5.69 Å². The largest absolute Gasteiger partial charge is 0.207 e. The SMILES string of the molecule is Fc1ccc(-n2nnnc2C2CCCCC2)c(I)c1. The average molecular weight is 372 g/mol. The van der Waals surface area contributed by atoms with Crippen molar-refractivity contribution in [2.24, 2.45) is 0 Å². The fourth-order valence-corrected chi connectivity index (χ4v) is 3.34. The molecule has 0 saturated heterocycles. The van der Waals surface area contributed by atoms with Crippen molar-refractivity contribution in [2.45, 2.75) is 38.0 Å². The molecule has 1 aromatic carbocycles. The van der Waals surface area contributed by atoms with Crippen molar-refractivity contribution in [1.29, 1.82) is 0 Å². The molecule has 0 atom stereocenters. The molecule has 1 aromatic heterocycles. The fraction of sp³-hybridized carbons (Fsp3) is 0.462. The zero-order chi connectivity index (χ0) is 13.2. The summed E-state index contributed by atoms with van der Waals surface area (Å²) >= 11 is 2.12. The molecule has 3 rings (SSSR count). The van der Waals surface area contributed by atoms with Crippen LogP contribution in [0.1, 0.15) is 43.8 Å². The van der Waals surface area contributed by atoms with Gasteiger partial charge < -0.3 is 0 Å². The monoisotopic (exact) mass is 372 g/mol. The molecule has 19 heavy (non-hydrogen) atoms. The summed E-state index contributed by atoms with van der Waals surface area (Å²) in [5.74, 6) is 1.09. The quantitative estimate of drug-likeness (QED) is 0.759. The van der Waals surface area contributed by atoms with Crippen LogP contribution in [0.5, 0.6) is 0 Å². The van der Waals surface area contributed by atoms with Crippen LogP contribution in [0, 0.1) is 9.39 Å². The van der Waals surface area contributed by atoms with E-state index in [0.717, 1.165) is 27.9 Å². The number of tetrazole rings is 1. The van der Waals surface area contributed by atoms with Crippen molar-refractivity contribution < 1.29 is 4.39 Å². The molecular weight excluding hydrogens is 358 g/mol. The Balaban J connectivity index is 1.99. The summed E-state index contributed by atoms with van der Waals surface area (Å²) in [7, 11) is 0. The number of aromatic nitrogens is 4. The summed E-state index contributed by atoms with van der Waals surface area (Å²) in [6, 6.07) is 4.69. The van der Waals surface area contributed by atoms with E-state index in [1.807, 2.05) is 0 Å². The molecule has 1 fully saturated rings. The lowest BCUT2D eigenvalue weighted by Gasteiger charge is -2.20. The van der Waals surface area contributed by atoms with Gasteiger partial charge in [0.2, 0.25) is 0 Å². The molecule has 0 bridgehead atoms. The van der Waals surface area contributed by atoms with Crippen LogP contribution < -0.4 is 0 Å². The van der Waals surface area contributed by atoms with Gasteiger partial charge in [0.25, 0.3) is 0 Å². The van der Waals surface area contributed by atoms with Crippen molar-refractivity contribution in [2.75, 3.05) is 0 Å². The molecule has 0 radical (unpaired) electrons. The summed E-state index contributed by atoms with van der Waals surface area (Å²) in [5, 5.41) is 12.1. The Hall–Kier alpha value is -1.05. The maximum atomic E-state index is 13.2. The van der Waals surface area contributed by atoms with Gasteiger partial charge in [-0.15, -0.1) is 5.10 Å². The van der Waals surface area contributed by atoms with E-state index in [0.29, 0.717) is 5.92 Å². The van der Waals surface area contributed by atoms with Gasteiger partial charge >= 0.3 is 0 Å². The molecule has 1 aliphatic rings. The summed E-state index contributed by atoms with van der Waals surface area (Å²) in [6.45, 7) is 0. The molecule has 1 heterocycles. The van der Waals surface area contributed by atoms with Gasteiger partial charge in [0.05, 0.1) is 5.69 Å². The van der Waals surface area contributed by atoms with Gasteiger partial charge in [-0.05, 0) is 64.1 Å². The first-order valence-electron chi connectivity index (χ1n) is 6.49. The predicted molar refractivity (Wildman–Crippen MR) is 77.7 cm³/mol. The van der Waals surface area contributed by atoms with Crippen LogP contribution in [0.4, 0.5) is 4.39 Å². The third kappa shape index (κ3) is 2.63. The van der Waals surface area contributed by atoms with Gasteiger partial charge in [-0.3, -0.25) is 0 Å². The van der Waals surface area contributed by atoms with Crippen LogP contribution in [0.2, 0.25) is 0 Å². The van der Waals surface area contributed by atoms with Gasteiger partial charge in [0.15, 0.2) is 5.82 Å². The van der Waals surface area contributed by atoms with E-state index in [9.17, 15) is 4.39 Å². The lowest BCUT2D eigenvalue weighted by molar-refractivity contribution is 0.422. The number of benzene rings is 1. The summed E-state index contributed by atoms with van der Waals surface area (Å²) in [5.41, 5.74) is 0.854. The Bertz CT molecular complexity index is 578. The lowest BCUT2D eigenvalue weighted by Crippen LogP contribution is -2.13. The van der Waals surface area contributed by atoms with Crippen molar-refractivity contribution in [3.8, 4) is 5.69 Å². The van der Waals surface area contributed by atoms with Gasteiger partial charge in [-0.2, -0.15) is 4.68 Å². The van der Waals surface area contributed by atoms with Crippen molar-refractivity contribution in [3.63, 3.8) is 0 Å². The number of nitrogens with zero attached hydrogens (tertiary/aromatic N) is 4. The first-order chi connectivity index (χ1) is 9.25. The second-order valence-corrected chi connectivity index (χ2v) is 6.04. The Kier molecular flexibility index (Phi) is 3.76. The van der Waals surface area contributed by atoms with E-state index in [1.54, 1.807) is 10.7 Å². The zero-order valence-corrected chi connectivity index (χ0v) is 12.5. The van der Waals surface area contributed by atoms with Gasteiger partial charge in [-0.1, -0.05) is 19.3 Å². The molecule has 6 heteroatoms. The van der Waals surface area contributed by atoms with Crippen LogP contribution in [-0.2, 0) is 0 Å². The minimum absolute atomic E-state index is 0.236. The highest BCUT2D eigenvalue weighted by molar-refractivity contribution is 14.1. The second kappa shape index (κ2) is 5.52. The Morgan fingerprint density at radius 2 is 2.00 bits per heavy atom. The van der Waals surface area contributed by atoms with E-state index in [-0.39, 0.29) is 5.82 Å². The molecule has 0 aliphatic heterocycles. The molecule has 1 aliphatic carbocycles. The fourth-order valence-electron chi connectivity index (χ4n) is 2.63. The van der Waals surface area contributed by atoms with Gasteiger partial charge in [0.1, 0.15) is 5.82 Å². The summed E-state index contributed by atoms with van der Waals surface area (Å²) < 4.78 is 15.8. The molecule has 100 valence electrons. The molecule has 0 amide bonds. The zero-order valence-electron chi connectivity index (χ0n) is 10.4. The Morgan fingerprint density at radius 1 is 1.21 bits per heavy atom. The van der Waals surface area contributed by atoms with Crippen molar-refractivity contribution in [3.05, 3.63) is 33.4 Å². The van der Waals surface area contributed by atoms with Crippen molar-refractivity contribution >= 4 is 22.6 Å². The second-order valence-electron chi connectivity index (χ2n) is 4.88. The topological polar surface area (TPSA) is 43.6 Å². The van der Waals surface area contributed by atoms with E-state index >= 15 is 0 Å². The highest BCUT2D eigenvalue weighted by Crippen LogP contribution is 2.32. The minimum Gasteiger partial charge on any atom is -0.207 e. The van der Waals surface area contributed by atoms with Crippen LogP contribution in [-0.4, -0.2) is 20.2 Å². The Labute approximate surface area is 124 Å². The first kappa shape index (κ1) is 13.0. The summed E-state index contributed by atoms with van der Waals surface area (Å²) in [6.07, 6.45) is 6.04. The standard InChI is InChI=1S/C13H14FIN4/c14-10-6-7-12(11(15)8-10)19-13(16-17-18-19)9-4-2-1-3-5-9/h6-9H,1-5H2. The molecular formula is C13H14FIN4. The first-order valence-corrected chi connectivity index (χ1v) is 7.57. The molecule has 4 nitrogen and oxygen atoms in total. The highest BCUT2D eigenvalue weighted by Gasteiger charge is 2.23. The highest BCUT2D eigenvalue weighted by atomic mass is 127. The molecule has 1 saturated carbocycles. The molecule has 0 N–H and O–H groups in total. The maximum Gasteiger partial charge on any atom is 0.159 e. The number of halogens is 2. The van der Waals surface area contributed by atoms with E-state index in [1.165, 1.54) is 31.4 Å². The van der Waals surface area contributed by atoms with E-state index < -0.39 is 0 Å². The maximum absolute atomic E-state index is 13.2. The predicted octanol–water partition coefficient (Wildman–Crippen LogP) is 3.45. The summed E-state index contributed by atoms with van der Waals surface area (Å²) in [4.78, 5) is 0. The third-order valence-corrected chi connectivity index (χ3v) is 4.47. The minimum atomic E-state index is -0.236. The average Bonchev–Trinajstić information content (AvgIpc) is 2.89. The lowest BCUT2D eigenvalue weighted by atomic mass is 9.89. The van der Waals surface area contributed by atoms with E-state index in [2.05, 4.69) is 38.1 Å². The van der Waals surface area contributed by atoms with Crippen molar-refractivity contribution in [1.82, 2.24) is 20.2 Å². The number of rotatable bonds is 2. The molecule has 0 spiro atoms. The number of hydrogen-bond acceptors (Lipinski definition) is 3. The normalized spacial score (nSPS) is 16.7. The van der Waals surface area contributed by atoms with Gasteiger partial charge in [0, 0.05) is 9.49 Å². The number of hydrogen-bond donors (Lipinski definition) is 0. The van der Waals surface area contributed by atoms with Crippen LogP contribution in [0.15, 0.2) is 18.2 Å². The molecule has 0 unspecified atom stereocenters. The molecule has 2 aromatic rings. The van der Waals surface area contributed by atoms with E-state index in [4.69, 9.17) is 0 Å². The van der Waals surface area contributed by atoms with Gasteiger partial charge in [-0.25, -0.2) is 4.39 Å². The van der Waals surface area contributed by atoms with Crippen LogP contribution in [0.3, 0.4) is 0 Å². The third-order valence-electron chi connectivity index (χ3n) is 3.60.